The van der Waals surface area contributed by atoms with Crippen LogP contribution in [0, 0.1) is 6.92 Å². The van der Waals surface area contributed by atoms with Gasteiger partial charge in [-0.2, -0.15) is 0 Å². The molecular weight excluding hydrogens is 300 g/mol. The lowest BCUT2D eigenvalue weighted by Gasteiger charge is -2.35. The van der Waals surface area contributed by atoms with E-state index in [0.29, 0.717) is 5.69 Å². The van der Waals surface area contributed by atoms with Crippen molar-refractivity contribution >= 4 is 17.3 Å². The summed E-state index contributed by atoms with van der Waals surface area (Å²) in [5.41, 5.74) is 3.38. The van der Waals surface area contributed by atoms with E-state index in [0.717, 1.165) is 49.7 Å². The number of hydrogen-bond donors (Lipinski definition) is 1. The van der Waals surface area contributed by atoms with Gasteiger partial charge in [0.25, 0.3) is 5.91 Å². The molecule has 1 saturated heterocycles. The zero-order valence-electron chi connectivity index (χ0n) is 14.3. The van der Waals surface area contributed by atoms with Crippen LogP contribution in [0.15, 0.2) is 42.6 Å². The van der Waals surface area contributed by atoms with Crippen molar-refractivity contribution < 1.29 is 4.79 Å². The number of nitrogens with one attached hydrogen (secondary N) is 1. The number of amides is 1. The van der Waals surface area contributed by atoms with Crippen LogP contribution >= 0.6 is 0 Å². The molecule has 0 aliphatic carbocycles. The highest BCUT2D eigenvalue weighted by Crippen LogP contribution is 2.17. The zero-order valence-corrected chi connectivity index (χ0v) is 14.3. The van der Waals surface area contributed by atoms with Crippen LogP contribution in [0.5, 0.6) is 0 Å². The lowest BCUT2D eigenvalue weighted by molar-refractivity contribution is 0.102. The van der Waals surface area contributed by atoms with Crippen molar-refractivity contribution in [3.8, 4) is 0 Å². The Hall–Kier alpha value is -2.40. The summed E-state index contributed by atoms with van der Waals surface area (Å²) in [6, 6.07) is 11.5. The lowest BCUT2D eigenvalue weighted by Crippen LogP contribution is -2.46. The Morgan fingerprint density at radius 1 is 1.12 bits per heavy atom. The minimum atomic E-state index is -0.174. The van der Waals surface area contributed by atoms with Crippen molar-refractivity contribution in [1.82, 2.24) is 9.88 Å². The molecule has 1 amide bonds. The molecule has 1 aliphatic heterocycles. The number of hydrogen-bond acceptors (Lipinski definition) is 4. The van der Waals surface area contributed by atoms with E-state index in [1.807, 2.05) is 37.3 Å². The van der Waals surface area contributed by atoms with Crippen LogP contribution < -0.4 is 10.2 Å². The monoisotopic (exact) mass is 324 g/mol. The summed E-state index contributed by atoms with van der Waals surface area (Å²) in [5.74, 6) is -0.174. The predicted octanol–water partition coefficient (Wildman–Crippen LogP) is 2.78. The third-order valence-corrected chi connectivity index (χ3v) is 4.56. The maximum Gasteiger partial charge on any atom is 0.274 e. The number of pyridine rings is 1. The van der Waals surface area contributed by atoms with Gasteiger partial charge in [-0.15, -0.1) is 0 Å². The molecule has 1 aliphatic rings. The van der Waals surface area contributed by atoms with Crippen molar-refractivity contribution in [3.05, 3.63) is 53.9 Å². The molecule has 1 N–H and O–H groups in total. The maximum atomic E-state index is 12.3. The molecule has 3 rings (SSSR count). The molecule has 5 nitrogen and oxygen atoms in total. The van der Waals surface area contributed by atoms with Gasteiger partial charge < -0.3 is 15.1 Å². The Balaban J connectivity index is 1.64. The number of para-hydroxylation sites is 1. The van der Waals surface area contributed by atoms with E-state index in [2.05, 4.69) is 27.0 Å². The van der Waals surface area contributed by atoms with Gasteiger partial charge in [-0.05, 0) is 37.2 Å². The number of carbonyl (C=O) groups excluding carboxylic acids is 1. The van der Waals surface area contributed by atoms with E-state index in [9.17, 15) is 4.79 Å². The molecular formula is C19H24N4O. The van der Waals surface area contributed by atoms with E-state index < -0.39 is 0 Å². The highest BCUT2D eigenvalue weighted by atomic mass is 16.1. The van der Waals surface area contributed by atoms with Crippen LogP contribution in [-0.2, 0) is 0 Å². The molecule has 5 heteroatoms. The first kappa shape index (κ1) is 16.5. The molecule has 1 aromatic heterocycles. The van der Waals surface area contributed by atoms with Gasteiger partial charge in [-0.1, -0.05) is 25.1 Å². The summed E-state index contributed by atoms with van der Waals surface area (Å²) < 4.78 is 0. The molecule has 0 unspecified atom stereocenters. The van der Waals surface area contributed by atoms with E-state index in [-0.39, 0.29) is 5.91 Å². The summed E-state index contributed by atoms with van der Waals surface area (Å²) in [5, 5.41) is 2.92. The van der Waals surface area contributed by atoms with Crippen LogP contribution in [0.4, 0.5) is 11.4 Å². The topological polar surface area (TPSA) is 48.5 Å². The molecule has 126 valence electrons. The summed E-state index contributed by atoms with van der Waals surface area (Å²) >= 11 is 0. The molecule has 0 radical (unpaired) electrons. The highest BCUT2D eigenvalue weighted by molar-refractivity contribution is 6.03. The second-order valence-electron chi connectivity index (χ2n) is 6.09. The molecule has 24 heavy (non-hydrogen) atoms. The van der Waals surface area contributed by atoms with E-state index >= 15 is 0 Å². The van der Waals surface area contributed by atoms with Crippen LogP contribution in [0.3, 0.4) is 0 Å². The Labute approximate surface area is 143 Å². The average Bonchev–Trinajstić information content (AvgIpc) is 2.64. The molecule has 1 aromatic carbocycles. The van der Waals surface area contributed by atoms with Crippen molar-refractivity contribution in [2.45, 2.75) is 13.8 Å². The summed E-state index contributed by atoms with van der Waals surface area (Å²) in [4.78, 5) is 21.5. The lowest BCUT2D eigenvalue weighted by atomic mass is 10.2. The summed E-state index contributed by atoms with van der Waals surface area (Å²) in [6.07, 6.45) is 1.80. The van der Waals surface area contributed by atoms with Gasteiger partial charge in [-0.25, -0.2) is 4.98 Å². The third kappa shape index (κ3) is 3.74. The molecule has 2 aromatic rings. The first-order valence-corrected chi connectivity index (χ1v) is 8.47. The Bertz CT molecular complexity index is 691. The van der Waals surface area contributed by atoms with Gasteiger partial charge in [0.2, 0.25) is 0 Å². The van der Waals surface area contributed by atoms with Gasteiger partial charge in [0.1, 0.15) is 5.69 Å². The molecule has 0 saturated carbocycles. The molecule has 0 atom stereocenters. The fourth-order valence-electron chi connectivity index (χ4n) is 2.93. The van der Waals surface area contributed by atoms with Crippen molar-refractivity contribution in [1.29, 1.82) is 0 Å². The Morgan fingerprint density at radius 2 is 1.88 bits per heavy atom. The number of piperazine rings is 1. The van der Waals surface area contributed by atoms with E-state index in [4.69, 9.17) is 0 Å². The SMILES string of the molecule is CCN1CCN(c2ccc(C(=O)Nc3ccccc3C)nc2)CC1. The van der Waals surface area contributed by atoms with Crippen LogP contribution in [0.2, 0.25) is 0 Å². The van der Waals surface area contributed by atoms with Gasteiger partial charge in [0.05, 0.1) is 11.9 Å². The number of anilines is 2. The van der Waals surface area contributed by atoms with Gasteiger partial charge >= 0.3 is 0 Å². The first-order chi connectivity index (χ1) is 11.7. The number of aromatic nitrogens is 1. The normalized spacial score (nSPS) is 15.3. The zero-order chi connectivity index (χ0) is 16.9. The average molecular weight is 324 g/mol. The molecule has 0 bridgehead atoms. The largest absolute Gasteiger partial charge is 0.368 e. The quantitative estimate of drug-likeness (QED) is 0.939. The number of likely N-dealkylation sites (N-methyl/N-ethyl adjacent to an activating group) is 1. The first-order valence-electron chi connectivity index (χ1n) is 8.47. The van der Waals surface area contributed by atoms with E-state index in [1.54, 1.807) is 12.3 Å². The number of benzene rings is 1. The Kier molecular flexibility index (Phi) is 5.11. The standard InChI is InChI=1S/C19H24N4O/c1-3-22-10-12-23(13-11-22)16-8-9-18(20-14-16)19(24)21-17-7-5-4-6-15(17)2/h4-9,14H,3,10-13H2,1-2H3,(H,21,24). The highest BCUT2D eigenvalue weighted by Gasteiger charge is 2.16. The second kappa shape index (κ2) is 7.45. The maximum absolute atomic E-state index is 12.3. The van der Waals surface area contributed by atoms with E-state index in [1.165, 1.54) is 0 Å². The van der Waals surface area contributed by atoms with Crippen LogP contribution in [0.25, 0.3) is 0 Å². The number of aryl methyl sites for hydroxylation is 1. The number of nitrogens with zero attached hydrogens (tertiary/aromatic N) is 3. The minimum absolute atomic E-state index is 0.174. The van der Waals surface area contributed by atoms with Gasteiger partial charge in [0.15, 0.2) is 0 Å². The number of rotatable bonds is 4. The smallest absolute Gasteiger partial charge is 0.274 e. The molecule has 0 spiro atoms. The fourth-order valence-corrected chi connectivity index (χ4v) is 2.93. The van der Waals surface area contributed by atoms with Crippen molar-refractivity contribution in [3.63, 3.8) is 0 Å². The fraction of sp³-hybridized carbons (Fsp3) is 0.368. The molecule has 2 heterocycles. The number of carbonyl (C=O) groups is 1. The molecule has 1 fully saturated rings. The minimum Gasteiger partial charge on any atom is -0.368 e. The van der Waals surface area contributed by atoms with Gasteiger partial charge in [-0.3, -0.25) is 4.79 Å². The van der Waals surface area contributed by atoms with Crippen LogP contribution in [0.1, 0.15) is 23.0 Å². The Morgan fingerprint density at radius 3 is 2.50 bits per heavy atom. The summed E-state index contributed by atoms with van der Waals surface area (Å²) in [7, 11) is 0. The third-order valence-electron chi connectivity index (χ3n) is 4.56. The predicted molar refractivity (Wildman–Crippen MR) is 97.7 cm³/mol. The van der Waals surface area contributed by atoms with Crippen LogP contribution in [-0.4, -0.2) is 48.5 Å². The van der Waals surface area contributed by atoms with Crippen molar-refractivity contribution in [2.75, 3.05) is 42.9 Å². The summed E-state index contributed by atoms with van der Waals surface area (Å²) in [6.45, 7) is 9.43. The van der Waals surface area contributed by atoms with Gasteiger partial charge in [0, 0.05) is 31.9 Å². The second-order valence-corrected chi connectivity index (χ2v) is 6.09. The van der Waals surface area contributed by atoms with Crippen molar-refractivity contribution in [2.24, 2.45) is 0 Å².